The maximum absolute atomic E-state index is 13.1. The predicted molar refractivity (Wildman–Crippen MR) is 85.1 cm³/mol. The lowest BCUT2D eigenvalue weighted by Crippen LogP contribution is -2.41. The minimum absolute atomic E-state index is 0.0644. The molecule has 0 aliphatic rings. The maximum atomic E-state index is 13.1. The third-order valence-corrected chi connectivity index (χ3v) is 3.15. The van der Waals surface area contributed by atoms with Crippen molar-refractivity contribution in [1.29, 1.82) is 0 Å². The van der Waals surface area contributed by atoms with Crippen LogP contribution in [0, 0.1) is 15.9 Å². The molecule has 0 aliphatic heterocycles. The van der Waals surface area contributed by atoms with Gasteiger partial charge in [-0.15, -0.1) is 0 Å². The lowest BCUT2D eigenvalue weighted by molar-refractivity contribution is -0.384. The summed E-state index contributed by atoms with van der Waals surface area (Å²) in [5, 5.41) is 15.6. The Labute approximate surface area is 136 Å². The number of carbonyl (C=O) groups excluding carboxylic acids is 2. The first kappa shape index (κ1) is 17.1. The Hall–Kier alpha value is -3.29. The minimum Gasteiger partial charge on any atom is -0.341 e. The fourth-order valence-electron chi connectivity index (χ4n) is 1.92. The molecule has 8 heteroatoms. The second-order valence-corrected chi connectivity index (χ2v) is 5.00. The van der Waals surface area contributed by atoms with Crippen molar-refractivity contribution >= 4 is 23.2 Å². The van der Waals surface area contributed by atoms with Gasteiger partial charge >= 0.3 is 0 Å². The molecular formula is C16H14FN3O4. The molecule has 2 aromatic rings. The summed E-state index contributed by atoms with van der Waals surface area (Å²) in [5.41, 5.74) is 0.102. The molecule has 0 radical (unpaired) electrons. The molecule has 0 saturated carbocycles. The van der Waals surface area contributed by atoms with E-state index in [4.69, 9.17) is 0 Å². The Kier molecular flexibility index (Phi) is 5.20. The van der Waals surface area contributed by atoms with Gasteiger partial charge in [0.25, 0.3) is 11.6 Å². The highest BCUT2D eigenvalue weighted by Crippen LogP contribution is 2.13. The van der Waals surface area contributed by atoms with Gasteiger partial charge in [-0.25, -0.2) is 4.39 Å². The van der Waals surface area contributed by atoms with Crippen molar-refractivity contribution in [3.05, 3.63) is 70.0 Å². The van der Waals surface area contributed by atoms with Gasteiger partial charge in [0.05, 0.1) is 4.92 Å². The predicted octanol–water partition coefficient (Wildman–Crippen LogP) is 2.49. The zero-order valence-electron chi connectivity index (χ0n) is 12.7. The molecule has 0 spiro atoms. The summed E-state index contributed by atoms with van der Waals surface area (Å²) in [6, 6.07) is 9.58. The molecule has 1 atom stereocenters. The first-order valence-corrected chi connectivity index (χ1v) is 6.98. The monoisotopic (exact) mass is 331 g/mol. The Morgan fingerprint density at radius 1 is 1.17 bits per heavy atom. The zero-order chi connectivity index (χ0) is 17.7. The second kappa shape index (κ2) is 7.32. The topological polar surface area (TPSA) is 101 Å². The average Bonchev–Trinajstić information content (AvgIpc) is 2.54. The number of nitrogens with one attached hydrogen (secondary N) is 2. The summed E-state index contributed by atoms with van der Waals surface area (Å²) in [7, 11) is 0. The number of amides is 2. The molecule has 1 unspecified atom stereocenters. The Bertz CT molecular complexity index is 794. The summed E-state index contributed by atoms with van der Waals surface area (Å²) in [5.74, 6) is -1.67. The van der Waals surface area contributed by atoms with E-state index in [2.05, 4.69) is 10.6 Å². The molecule has 0 fully saturated rings. The number of benzene rings is 2. The molecule has 24 heavy (non-hydrogen) atoms. The normalized spacial score (nSPS) is 11.4. The van der Waals surface area contributed by atoms with Crippen LogP contribution in [0.3, 0.4) is 0 Å². The Balaban J connectivity index is 2.01. The molecule has 0 aliphatic carbocycles. The van der Waals surface area contributed by atoms with E-state index in [9.17, 15) is 24.1 Å². The van der Waals surface area contributed by atoms with Crippen LogP contribution in [0.4, 0.5) is 15.8 Å². The van der Waals surface area contributed by atoms with E-state index in [-0.39, 0.29) is 16.9 Å². The highest BCUT2D eigenvalue weighted by Gasteiger charge is 2.18. The van der Waals surface area contributed by atoms with Gasteiger partial charge < -0.3 is 10.6 Å². The van der Waals surface area contributed by atoms with Crippen molar-refractivity contribution in [3.8, 4) is 0 Å². The largest absolute Gasteiger partial charge is 0.341 e. The van der Waals surface area contributed by atoms with Crippen molar-refractivity contribution in [2.45, 2.75) is 13.0 Å². The summed E-state index contributed by atoms with van der Waals surface area (Å²) in [4.78, 5) is 34.2. The van der Waals surface area contributed by atoms with Crippen LogP contribution in [0.2, 0.25) is 0 Å². The van der Waals surface area contributed by atoms with E-state index < -0.39 is 28.6 Å². The molecular weight excluding hydrogens is 317 g/mol. The van der Waals surface area contributed by atoms with Crippen LogP contribution < -0.4 is 10.6 Å². The number of nitro groups is 1. The van der Waals surface area contributed by atoms with Gasteiger partial charge in [-0.05, 0) is 31.2 Å². The van der Waals surface area contributed by atoms with Crippen LogP contribution in [0.1, 0.15) is 17.3 Å². The summed E-state index contributed by atoms with van der Waals surface area (Å²) >= 11 is 0. The number of halogens is 1. The summed E-state index contributed by atoms with van der Waals surface area (Å²) in [6.07, 6.45) is 0. The number of hydrogen-bond acceptors (Lipinski definition) is 4. The van der Waals surface area contributed by atoms with E-state index in [0.29, 0.717) is 0 Å². The number of hydrogen-bond donors (Lipinski definition) is 2. The van der Waals surface area contributed by atoms with Crippen LogP contribution in [0.15, 0.2) is 48.5 Å². The first-order valence-electron chi connectivity index (χ1n) is 6.98. The number of anilines is 1. The highest BCUT2D eigenvalue weighted by molar-refractivity contribution is 6.01. The van der Waals surface area contributed by atoms with E-state index in [1.807, 2.05) is 0 Å². The first-order chi connectivity index (χ1) is 11.4. The molecule has 0 aromatic heterocycles. The standard InChI is InChI=1S/C16H14FN3O4/c1-10(15(21)19-13-6-3-5-12(17)9-13)18-16(22)11-4-2-7-14(8-11)20(23)24/h2-10H,1H3,(H,18,22)(H,19,21). The third-order valence-electron chi connectivity index (χ3n) is 3.15. The molecule has 0 bridgehead atoms. The van der Waals surface area contributed by atoms with Gasteiger partial charge in [-0.2, -0.15) is 0 Å². The van der Waals surface area contributed by atoms with Crippen molar-refractivity contribution in [2.24, 2.45) is 0 Å². The van der Waals surface area contributed by atoms with E-state index in [1.165, 1.54) is 43.3 Å². The number of rotatable bonds is 5. The van der Waals surface area contributed by atoms with E-state index in [0.717, 1.165) is 12.1 Å². The zero-order valence-corrected chi connectivity index (χ0v) is 12.7. The van der Waals surface area contributed by atoms with Crippen molar-refractivity contribution in [1.82, 2.24) is 5.32 Å². The maximum Gasteiger partial charge on any atom is 0.270 e. The van der Waals surface area contributed by atoms with Crippen molar-refractivity contribution < 1.29 is 18.9 Å². The van der Waals surface area contributed by atoms with E-state index >= 15 is 0 Å². The smallest absolute Gasteiger partial charge is 0.270 e. The minimum atomic E-state index is -0.917. The molecule has 2 rings (SSSR count). The van der Waals surface area contributed by atoms with Gasteiger partial charge in [0, 0.05) is 23.4 Å². The number of nitro benzene ring substituents is 1. The molecule has 2 amide bonds. The van der Waals surface area contributed by atoms with Crippen LogP contribution >= 0.6 is 0 Å². The fraction of sp³-hybridized carbons (Fsp3) is 0.125. The van der Waals surface area contributed by atoms with Gasteiger partial charge in [-0.3, -0.25) is 19.7 Å². The fourth-order valence-corrected chi connectivity index (χ4v) is 1.92. The summed E-state index contributed by atoms with van der Waals surface area (Å²) < 4.78 is 13.1. The number of carbonyl (C=O) groups is 2. The highest BCUT2D eigenvalue weighted by atomic mass is 19.1. The molecule has 0 saturated heterocycles. The summed E-state index contributed by atoms with van der Waals surface area (Å²) in [6.45, 7) is 1.45. The molecule has 2 aromatic carbocycles. The second-order valence-electron chi connectivity index (χ2n) is 5.00. The quantitative estimate of drug-likeness (QED) is 0.649. The molecule has 2 N–H and O–H groups in total. The van der Waals surface area contributed by atoms with Gasteiger partial charge in [0.2, 0.25) is 5.91 Å². The van der Waals surface area contributed by atoms with Crippen LogP contribution in [0.5, 0.6) is 0 Å². The molecule has 0 heterocycles. The van der Waals surface area contributed by atoms with Crippen molar-refractivity contribution in [3.63, 3.8) is 0 Å². The number of non-ortho nitro benzene ring substituents is 1. The van der Waals surface area contributed by atoms with Crippen molar-refractivity contribution in [2.75, 3.05) is 5.32 Å². The third kappa shape index (κ3) is 4.35. The Morgan fingerprint density at radius 2 is 1.88 bits per heavy atom. The lowest BCUT2D eigenvalue weighted by Gasteiger charge is -2.14. The van der Waals surface area contributed by atoms with Gasteiger partial charge in [0.15, 0.2) is 0 Å². The van der Waals surface area contributed by atoms with Crippen LogP contribution in [0.25, 0.3) is 0 Å². The van der Waals surface area contributed by atoms with Gasteiger partial charge in [-0.1, -0.05) is 12.1 Å². The number of nitrogens with zero attached hydrogens (tertiary/aromatic N) is 1. The molecule has 124 valence electrons. The van der Waals surface area contributed by atoms with Crippen LogP contribution in [-0.2, 0) is 4.79 Å². The van der Waals surface area contributed by atoms with E-state index in [1.54, 1.807) is 0 Å². The Morgan fingerprint density at radius 3 is 2.54 bits per heavy atom. The average molecular weight is 331 g/mol. The van der Waals surface area contributed by atoms with Crippen LogP contribution in [-0.4, -0.2) is 22.8 Å². The SMILES string of the molecule is CC(NC(=O)c1cccc([N+](=O)[O-])c1)C(=O)Nc1cccc(F)c1. The lowest BCUT2D eigenvalue weighted by atomic mass is 10.1. The van der Waals surface area contributed by atoms with Gasteiger partial charge in [0.1, 0.15) is 11.9 Å². The molecule has 7 nitrogen and oxygen atoms in total.